The monoisotopic (exact) mass is 371 g/mol. The molecule has 0 atom stereocenters. The van der Waals surface area contributed by atoms with Gasteiger partial charge in [-0.25, -0.2) is 4.79 Å². The van der Waals surface area contributed by atoms with E-state index in [0.29, 0.717) is 23.2 Å². The van der Waals surface area contributed by atoms with E-state index in [-0.39, 0.29) is 12.5 Å². The molecule has 1 saturated carbocycles. The number of piperidine rings is 1. The lowest BCUT2D eigenvalue weighted by molar-refractivity contribution is -0.133. The average Bonchev–Trinajstić information content (AvgIpc) is 3.03. The van der Waals surface area contributed by atoms with E-state index in [1.807, 2.05) is 23.1 Å². The lowest BCUT2D eigenvalue weighted by atomic mass is 9.92. The third-order valence-electron chi connectivity index (χ3n) is 6.41. The minimum absolute atomic E-state index is 0.00224. The van der Waals surface area contributed by atoms with Crippen molar-refractivity contribution in [1.29, 1.82) is 0 Å². The summed E-state index contributed by atoms with van der Waals surface area (Å²) in [6.45, 7) is 1.59. The van der Waals surface area contributed by atoms with Gasteiger partial charge in [0, 0.05) is 25.2 Å². The number of likely N-dealkylation sites (tertiary alicyclic amines) is 1. The number of oxazole rings is 1. The fourth-order valence-corrected chi connectivity index (χ4v) is 4.71. The van der Waals surface area contributed by atoms with Crippen molar-refractivity contribution in [3.63, 3.8) is 0 Å². The Morgan fingerprint density at radius 2 is 1.74 bits per heavy atom. The van der Waals surface area contributed by atoms with Gasteiger partial charge in [-0.15, -0.1) is 0 Å². The average molecular weight is 371 g/mol. The molecule has 2 aromatic rings. The van der Waals surface area contributed by atoms with Crippen LogP contribution in [0.5, 0.6) is 0 Å². The van der Waals surface area contributed by atoms with Crippen LogP contribution in [0.1, 0.15) is 44.9 Å². The molecule has 2 aliphatic rings. The molecular weight excluding hydrogens is 342 g/mol. The summed E-state index contributed by atoms with van der Waals surface area (Å²) in [6.07, 6.45) is 8.72. The second-order valence-electron chi connectivity index (χ2n) is 7.99. The molecule has 2 heterocycles. The molecule has 0 spiro atoms. The third kappa shape index (κ3) is 3.81. The molecule has 0 unspecified atom stereocenters. The zero-order valence-corrected chi connectivity index (χ0v) is 16.1. The standard InChI is InChI=1S/C21H29N3O3/c1-22(16-7-3-2-4-8-16)17-11-13-23(14-12-17)20(25)15-24-18-9-5-6-10-19(18)27-21(24)26/h5-6,9-10,16-17H,2-4,7-8,11-15H2,1H3. The van der Waals surface area contributed by atoms with Crippen molar-refractivity contribution < 1.29 is 9.21 Å². The number of para-hydroxylation sites is 2. The number of hydrogen-bond donors (Lipinski definition) is 0. The number of rotatable bonds is 4. The maximum absolute atomic E-state index is 12.8. The first kappa shape index (κ1) is 18.3. The van der Waals surface area contributed by atoms with Crippen LogP contribution < -0.4 is 5.76 Å². The number of carbonyl (C=O) groups excluding carboxylic acids is 1. The summed E-state index contributed by atoms with van der Waals surface area (Å²) in [5, 5.41) is 0. The van der Waals surface area contributed by atoms with E-state index >= 15 is 0 Å². The number of fused-ring (bicyclic) bond motifs is 1. The number of aromatic nitrogens is 1. The molecule has 27 heavy (non-hydrogen) atoms. The summed E-state index contributed by atoms with van der Waals surface area (Å²) >= 11 is 0. The van der Waals surface area contributed by atoms with Gasteiger partial charge in [0.05, 0.1) is 5.52 Å². The first-order valence-electron chi connectivity index (χ1n) is 10.2. The summed E-state index contributed by atoms with van der Waals surface area (Å²) < 4.78 is 6.68. The van der Waals surface area contributed by atoms with Crippen LogP contribution in [0, 0.1) is 0 Å². The normalized spacial score (nSPS) is 19.9. The highest BCUT2D eigenvalue weighted by molar-refractivity contribution is 5.79. The molecule has 1 amide bonds. The fourth-order valence-electron chi connectivity index (χ4n) is 4.71. The quantitative estimate of drug-likeness (QED) is 0.829. The van der Waals surface area contributed by atoms with Gasteiger partial charge < -0.3 is 14.2 Å². The molecule has 146 valence electrons. The van der Waals surface area contributed by atoms with Gasteiger partial charge in [-0.05, 0) is 44.9 Å². The second-order valence-corrected chi connectivity index (χ2v) is 7.99. The molecule has 0 N–H and O–H groups in total. The Bertz CT molecular complexity index is 842. The summed E-state index contributed by atoms with van der Waals surface area (Å²) in [7, 11) is 2.26. The van der Waals surface area contributed by atoms with E-state index in [2.05, 4.69) is 11.9 Å². The number of nitrogens with zero attached hydrogens (tertiary/aromatic N) is 3. The topological polar surface area (TPSA) is 58.7 Å². The van der Waals surface area contributed by atoms with E-state index in [9.17, 15) is 9.59 Å². The molecule has 1 aliphatic carbocycles. The van der Waals surface area contributed by atoms with Crippen LogP contribution in [0.15, 0.2) is 33.5 Å². The van der Waals surface area contributed by atoms with Crippen molar-refractivity contribution in [3.8, 4) is 0 Å². The highest BCUT2D eigenvalue weighted by Crippen LogP contribution is 2.26. The van der Waals surface area contributed by atoms with Crippen molar-refractivity contribution in [1.82, 2.24) is 14.4 Å². The van der Waals surface area contributed by atoms with Gasteiger partial charge in [-0.2, -0.15) is 0 Å². The van der Waals surface area contributed by atoms with Crippen molar-refractivity contribution in [2.45, 2.75) is 63.6 Å². The largest absolute Gasteiger partial charge is 0.420 e. The van der Waals surface area contributed by atoms with Crippen LogP contribution in [0.4, 0.5) is 0 Å². The van der Waals surface area contributed by atoms with Gasteiger partial charge >= 0.3 is 5.76 Å². The summed E-state index contributed by atoms with van der Waals surface area (Å²) in [5.74, 6) is -0.459. The molecule has 0 bridgehead atoms. The minimum Gasteiger partial charge on any atom is -0.408 e. The SMILES string of the molecule is CN(C1CCCCC1)C1CCN(C(=O)Cn2c(=O)oc3ccccc32)CC1. The van der Waals surface area contributed by atoms with Crippen LogP contribution in [-0.4, -0.2) is 52.5 Å². The van der Waals surface area contributed by atoms with Crippen LogP contribution in [0.3, 0.4) is 0 Å². The Hall–Kier alpha value is -2.08. The Balaban J connectivity index is 1.36. The third-order valence-corrected chi connectivity index (χ3v) is 6.41. The second kappa shape index (κ2) is 7.89. The number of amides is 1. The zero-order chi connectivity index (χ0) is 18.8. The molecular formula is C21H29N3O3. The predicted octanol–water partition coefficient (Wildman–Crippen LogP) is 2.85. The van der Waals surface area contributed by atoms with Crippen molar-refractivity contribution in [2.24, 2.45) is 0 Å². The van der Waals surface area contributed by atoms with Gasteiger partial charge in [-0.3, -0.25) is 9.36 Å². The first-order valence-corrected chi connectivity index (χ1v) is 10.2. The summed E-state index contributed by atoms with van der Waals surface area (Å²) in [6, 6.07) is 8.52. The summed E-state index contributed by atoms with van der Waals surface area (Å²) in [5.41, 5.74) is 1.21. The van der Waals surface area contributed by atoms with Gasteiger partial charge in [-0.1, -0.05) is 31.4 Å². The Morgan fingerprint density at radius 1 is 1.07 bits per heavy atom. The smallest absolute Gasteiger partial charge is 0.408 e. The van der Waals surface area contributed by atoms with E-state index in [0.717, 1.165) is 25.9 Å². The van der Waals surface area contributed by atoms with Crippen molar-refractivity contribution >= 4 is 17.0 Å². The molecule has 6 heteroatoms. The van der Waals surface area contributed by atoms with E-state index in [1.54, 1.807) is 6.07 Å². The highest BCUT2D eigenvalue weighted by Gasteiger charge is 2.29. The first-order chi connectivity index (χ1) is 13.1. The fraction of sp³-hybridized carbons (Fsp3) is 0.619. The molecule has 4 rings (SSSR count). The van der Waals surface area contributed by atoms with Gasteiger partial charge in [0.1, 0.15) is 6.54 Å². The lowest BCUT2D eigenvalue weighted by Crippen LogP contribution is -2.49. The Labute approximate surface area is 159 Å². The number of benzene rings is 1. The van der Waals surface area contributed by atoms with E-state index < -0.39 is 5.76 Å². The Morgan fingerprint density at radius 3 is 2.48 bits per heavy atom. The number of carbonyl (C=O) groups is 1. The molecule has 2 fully saturated rings. The predicted molar refractivity (Wildman–Crippen MR) is 105 cm³/mol. The molecule has 1 saturated heterocycles. The number of hydrogen-bond acceptors (Lipinski definition) is 4. The highest BCUT2D eigenvalue weighted by atomic mass is 16.4. The minimum atomic E-state index is -0.462. The van der Waals surface area contributed by atoms with Crippen molar-refractivity contribution in [2.75, 3.05) is 20.1 Å². The molecule has 1 aromatic heterocycles. The summed E-state index contributed by atoms with van der Waals surface area (Å²) in [4.78, 5) is 29.3. The maximum Gasteiger partial charge on any atom is 0.420 e. The van der Waals surface area contributed by atoms with E-state index in [4.69, 9.17) is 4.42 Å². The van der Waals surface area contributed by atoms with Crippen LogP contribution >= 0.6 is 0 Å². The van der Waals surface area contributed by atoms with Gasteiger partial charge in [0.15, 0.2) is 5.58 Å². The van der Waals surface area contributed by atoms with Gasteiger partial charge in [0.2, 0.25) is 5.91 Å². The van der Waals surface area contributed by atoms with E-state index in [1.165, 1.54) is 36.7 Å². The Kier molecular flexibility index (Phi) is 5.34. The molecule has 0 radical (unpaired) electrons. The zero-order valence-electron chi connectivity index (χ0n) is 16.1. The van der Waals surface area contributed by atoms with Crippen LogP contribution in [0.25, 0.3) is 11.1 Å². The molecule has 1 aromatic carbocycles. The molecule has 6 nitrogen and oxygen atoms in total. The van der Waals surface area contributed by atoms with Crippen LogP contribution in [-0.2, 0) is 11.3 Å². The van der Waals surface area contributed by atoms with Gasteiger partial charge in [0.25, 0.3) is 0 Å². The van der Waals surface area contributed by atoms with Crippen molar-refractivity contribution in [3.05, 3.63) is 34.8 Å². The lowest BCUT2D eigenvalue weighted by Gasteiger charge is -2.41. The van der Waals surface area contributed by atoms with Crippen LogP contribution in [0.2, 0.25) is 0 Å². The molecule has 1 aliphatic heterocycles. The maximum atomic E-state index is 12.8.